The second-order valence-electron chi connectivity index (χ2n) is 3.58. The van der Waals surface area contributed by atoms with Crippen LogP contribution in [0.3, 0.4) is 0 Å². The van der Waals surface area contributed by atoms with Gasteiger partial charge in [0.05, 0.1) is 15.6 Å². The molecule has 0 atom stereocenters. The van der Waals surface area contributed by atoms with E-state index in [4.69, 9.17) is 17.3 Å². The Morgan fingerprint density at radius 1 is 1.37 bits per heavy atom. The van der Waals surface area contributed by atoms with E-state index in [0.29, 0.717) is 0 Å². The Balaban J connectivity index is 2.32. The van der Waals surface area contributed by atoms with Crippen molar-refractivity contribution in [2.45, 2.75) is 0 Å². The molecule has 0 fully saturated rings. The summed E-state index contributed by atoms with van der Waals surface area (Å²) in [5.41, 5.74) is 5.23. The minimum atomic E-state index is -0.647. The summed E-state index contributed by atoms with van der Waals surface area (Å²) >= 11 is 5.63. The van der Waals surface area contributed by atoms with Gasteiger partial charge in [-0.25, -0.2) is 9.37 Å². The Morgan fingerprint density at radius 3 is 2.74 bits per heavy atom. The van der Waals surface area contributed by atoms with E-state index in [1.54, 1.807) is 6.07 Å². The summed E-state index contributed by atoms with van der Waals surface area (Å²) in [5, 5.41) is 13.2. The summed E-state index contributed by atoms with van der Waals surface area (Å²) in [7, 11) is 0. The third kappa shape index (κ3) is 2.71. The van der Waals surface area contributed by atoms with Crippen LogP contribution in [0.15, 0.2) is 30.3 Å². The van der Waals surface area contributed by atoms with Crippen LogP contribution in [0.2, 0.25) is 5.02 Å². The third-order valence-electron chi connectivity index (χ3n) is 2.31. The van der Waals surface area contributed by atoms with Gasteiger partial charge in [-0.2, -0.15) is 0 Å². The van der Waals surface area contributed by atoms with Crippen LogP contribution in [0.4, 0.5) is 27.4 Å². The van der Waals surface area contributed by atoms with Crippen LogP contribution in [0.25, 0.3) is 0 Å². The molecule has 0 bridgehead atoms. The van der Waals surface area contributed by atoms with Crippen LogP contribution < -0.4 is 11.1 Å². The van der Waals surface area contributed by atoms with Crippen molar-refractivity contribution in [3.05, 3.63) is 51.3 Å². The Hall–Kier alpha value is -2.41. The summed E-state index contributed by atoms with van der Waals surface area (Å²) in [6, 6.07) is 6.94. The lowest BCUT2D eigenvalue weighted by Crippen LogP contribution is -2.02. The number of nitrogens with one attached hydrogen (secondary N) is 1. The van der Waals surface area contributed by atoms with Crippen molar-refractivity contribution in [1.82, 2.24) is 4.98 Å². The predicted molar refractivity (Wildman–Crippen MR) is 70.0 cm³/mol. The van der Waals surface area contributed by atoms with E-state index in [1.165, 1.54) is 24.3 Å². The Bertz CT molecular complexity index is 651. The van der Waals surface area contributed by atoms with Gasteiger partial charge in [0.25, 0.3) is 0 Å². The summed E-state index contributed by atoms with van der Waals surface area (Å²) in [6.07, 6.45) is 0. The standard InChI is InChI=1S/C11H8ClFN4O2/c12-6-2-1-3-7(10(6)13)15-9-5-4-8(17(18)19)11(14)16-9/h1-5H,(H3,14,15,16). The quantitative estimate of drug-likeness (QED) is 0.666. The second-order valence-corrected chi connectivity index (χ2v) is 3.99. The number of benzene rings is 1. The van der Waals surface area contributed by atoms with Gasteiger partial charge in [-0.15, -0.1) is 0 Å². The molecular weight excluding hydrogens is 275 g/mol. The molecule has 0 aliphatic rings. The van der Waals surface area contributed by atoms with Gasteiger partial charge in [-0.05, 0) is 18.2 Å². The third-order valence-corrected chi connectivity index (χ3v) is 2.61. The van der Waals surface area contributed by atoms with Gasteiger partial charge in [0.2, 0.25) is 5.82 Å². The number of rotatable bonds is 3. The Kier molecular flexibility index (Phi) is 3.48. The molecule has 3 N–H and O–H groups in total. The Morgan fingerprint density at radius 2 is 2.11 bits per heavy atom. The van der Waals surface area contributed by atoms with E-state index in [-0.39, 0.29) is 28.0 Å². The topological polar surface area (TPSA) is 94.1 Å². The highest BCUT2D eigenvalue weighted by Gasteiger charge is 2.14. The molecule has 1 aromatic heterocycles. The smallest absolute Gasteiger partial charge is 0.311 e. The van der Waals surface area contributed by atoms with Crippen molar-refractivity contribution in [2.24, 2.45) is 0 Å². The SMILES string of the molecule is Nc1nc(Nc2cccc(Cl)c2F)ccc1[N+](=O)[O-]. The van der Waals surface area contributed by atoms with Gasteiger partial charge in [0, 0.05) is 6.07 Å². The minimum absolute atomic E-state index is 0.0418. The number of halogens is 2. The molecule has 0 radical (unpaired) electrons. The van der Waals surface area contributed by atoms with E-state index >= 15 is 0 Å². The van der Waals surface area contributed by atoms with Crippen molar-refractivity contribution >= 4 is 34.6 Å². The van der Waals surface area contributed by atoms with E-state index < -0.39 is 10.7 Å². The normalized spacial score (nSPS) is 10.2. The second kappa shape index (κ2) is 5.07. The van der Waals surface area contributed by atoms with Crippen LogP contribution in [0.1, 0.15) is 0 Å². The average Bonchev–Trinajstić information content (AvgIpc) is 2.34. The van der Waals surface area contributed by atoms with Crippen LogP contribution >= 0.6 is 11.6 Å². The minimum Gasteiger partial charge on any atom is -0.378 e. The maximum absolute atomic E-state index is 13.6. The monoisotopic (exact) mass is 282 g/mol. The van der Waals surface area contributed by atoms with Crippen LogP contribution in [0.5, 0.6) is 0 Å². The Labute approximate surface area is 112 Å². The van der Waals surface area contributed by atoms with Crippen molar-refractivity contribution < 1.29 is 9.31 Å². The molecule has 1 heterocycles. The molecule has 8 heteroatoms. The zero-order chi connectivity index (χ0) is 14.0. The largest absolute Gasteiger partial charge is 0.378 e. The molecule has 0 amide bonds. The molecule has 2 rings (SSSR count). The first-order valence-electron chi connectivity index (χ1n) is 5.11. The van der Waals surface area contributed by atoms with E-state index in [1.807, 2.05) is 0 Å². The molecule has 19 heavy (non-hydrogen) atoms. The van der Waals surface area contributed by atoms with Crippen molar-refractivity contribution in [2.75, 3.05) is 11.1 Å². The number of aromatic nitrogens is 1. The fraction of sp³-hybridized carbons (Fsp3) is 0. The van der Waals surface area contributed by atoms with Gasteiger partial charge < -0.3 is 11.1 Å². The average molecular weight is 283 g/mol. The summed E-state index contributed by atoms with van der Waals surface area (Å²) in [6.45, 7) is 0. The van der Waals surface area contributed by atoms with E-state index in [0.717, 1.165) is 0 Å². The molecule has 0 aliphatic heterocycles. The maximum atomic E-state index is 13.6. The van der Waals surface area contributed by atoms with Gasteiger partial charge in [0.15, 0.2) is 5.82 Å². The fourth-order valence-corrected chi connectivity index (χ4v) is 1.60. The lowest BCUT2D eigenvalue weighted by molar-refractivity contribution is -0.384. The first-order chi connectivity index (χ1) is 8.99. The highest BCUT2D eigenvalue weighted by molar-refractivity contribution is 6.31. The molecule has 0 saturated heterocycles. The van der Waals surface area contributed by atoms with Gasteiger partial charge in [0.1, 0.15) is 5.82 Å². The first-order valence-corrected chi connectivity index (χ1v) is 5.49. The maximum Gasteiger partial charge on any atom is 0.311 e. The number of nitrogens with zero attached hydrogens (tertiary/aromatic N) is 2. The molecule has 98 valence electrons. The number of nitrogens with two attached hydrogens (primary N) is 1. The summed E-state index contributed by atoms with van der Waals surface area (Å²) in [5.74, 6) is -0.704. The van der Waals surface area contributed by atoms with E-state index in [9.17, 15) is 14.5 Å². The van der Waals surface area contributed by atoms with Gasteiger partial charge in [-0.1, -0.05) is 17.7 Å². The first kappa shape index (κ1) is 13.0. The lowest BCUT2D eigenvalue weighted by Gasteiger charge is -2.08. The van der Waals surface area contributed by atoms with Crippen LogP contribution in [0, 0.1) is 15.9 Å². The summed E-state index contributed by atoms with van der Waals surface area (Å²) < 4.78 is 13.6. The molecule has 0 saturated carbocycles. The molecule has 0 aliphatic carbocycles. The van der Waals surface area contributed by atoms with E-state index in [2.05, 4.69) is 10.3 Å². The van der Waals surface area contributed by atoms with Crippen LogP contribution in [-0.4, -0.2) is 9.91 Å². The highest BCUT2D eigenvalue weighted by atomic mass is 35.5. The van der Waals surface area contributed by atoms with Crippen molar-refractivity contribution in [1.29, 1.82) is 0 Å². The van der Waals surface area contributed by atoms with Crippen LogP contribution in [-0.2, 0) is 0 Å². The number of nitrogen functional groups attached to an aromatic ring is 1. The van der Waals surface area contributed by atoms with Gasteiger partial charge >= 0.3 is 5.69 Å². The number of hydrogen-bond acceptors (Lipinski definition) is 5. The number of anilines is 3. The summed E-state index contributed by atoms with van der Waals surface area (Å²) in [4.78, 5) is 13.7. The zero-order valence-electron chi connectivity index (χ0n) is 9.43. The molecular formula is C11H8ClFN4O2. The molecule has 6 nitrogen and oxygen atoms in total. The van der Waals surface area contributed by atoms with Gasteiger partial charge in [-0.3, -0.25) is 10.1 Å². The zero-order valence-corrected chi connectivity index (χ0v) is 10.2. The van der Waals surface area contributed by atoms with Crippen molar-refractivity contribution in [3.8, 4) is 0 Å². The van der Waals surface area contributed by atoms with Crippen molar-refractivity contribution in [3.63, 3.8) is 0 Å². The fourth-order valence-electron chi connectivity index (χ4n) is 1.43. The molecule has 0 unspecified atom stereocenters. The number of hydrogen-bond donors (Lipinski definition) is 2. The predicted octanol–water partition coefficient (Wildman–Crippen LogP) is 3.11. The molecule has 0 spiro atoms. The highest BCUT2D eigenvalue weighted by Crippen LogP contribution is 2.26. The lowest BCUT2D eigenvalue weighted by atomic mass is 10.3. The molecule has 1 aromatic carbocycles. The number of pyridine rings is 1. The molecule has 2 aromatic rings. The number of nitro groups is 1.